The molecule has 110 valence electrons. The van der Waals surface area contributed by atoms with Crippen molar-refractivity contribution < 1.29 is 0 Å². The maximum absolute atomic E-state index is 6.28. The Morgan fingerprint density at radius 3 is 2.33 bits per heavy atom. The average molecular weight is 339 g/mol. The van der Waals surface area contributed by atoms with Crippen LogP contribution in [0, 0.1) is 0 Å². The van der Waals surface area contributed by atoms with E-state index < -0.39 is 0 Å². The first kappa shape index (κ1) is 16.1. The second kappa shape index (κ2) is 6.65. The highest BCUT2D eigenvalue weighted by Gasteiger charge is 2.19. The van der Waals surface area contributed by atoms with Crippen LogP contribution in [-0.4, -0.2) is 12.0 Å². The lowest BCUT2D eigenvalue weighted by atomic mass is 10.0. The summed E-state index contributed by atoms with van der Waals surface area (Å²) in [5.41, 5.74) is 8.44. The second-order valence-electron chi connectivity index (χ2n) is 4.81. The molecule has 1 unspecified atom stereocenters. The summed E-state index contributed by atoms with van der Waals surface area (Å²) in [7, 11) is 1.97. The van der Waals surface area contributed by atoms with Crippen molar-refractivity contribution in [2.45, 2.75) is 13.0 Å². The third-order valence-electron chi connectivity index (χ3n) is 3.55. The lowest BCUT2D eigenvalue weighted by Crippen LogP contribution is -2.25. The molecular weight excluding hydrogens is 323 g/mol. The largest absolute Gasteiger partial charge is 0.389 e. The number of benzene rings is 2. The van der Waals surface area contributed by atoms with Gasteiger partial charge in [0.1, 0.15) is 4.99 Å². The van der Waals surface area contributed by atoms with Crippen molar-refractivity contribution in [3.63, 3.8) is 0 Å². The highest BCUT2D eigenvalue weighted by atomic mass is 35.5. The summed E-state index contributed by atoms with van der Waals surface area (Å²) in [6.45, 7) is 2.07. The molecule has 1 atom stereocenters. The molecule has 21 heavy (non-hydrogen) atoms. The molecule has 2 rings (SSSR count). The van der Waals surface area contributed by atoms with Crippen LogP contribution in [0.2, 0.25) is 10.0 Å². The van der Waals surface area contributed by atoms with Gasteiger partial charge in [-0.25, -0.2) is 0 Å². The molecule has 0 aliphatic heterocycles. The topological polar surface area (TPSA) is 29.3 Å². The van der Waals surface area contributed by atoms with Gasteiger partial charge in [-0.2, -0.15) is 0 Å². The molecule has 0 saturated carbocycles. The van der Waals surface area contributed by atoms with E-state index >= 15 is 0 Å². The highest BCUT2D eigenvalue weighted by molar-refractivity contribution is 7.80. The van der Waals surface area contributed by atoms with Crippen LogP contribution >= 0.6 is 35.4 Å². The van der Waals surface area contributed by atoms with Crippen LogP contribution < -0.4 is 10.6 Å². The Morgan fingerprint density at radius 2 is 1.71 bits per heavy atom. The van der Waals surface area contributed by atoms with E-state index in [1.165, 1.54) is 0 Å². The van der Waals surface area contributed by atoms with Gasteiger partial charge in [0.25, 0.3) is 0 Å². The van der Waals surface area contributed by atoms with Gasteiger partial charge in [-0.1, -0.05) is 59.7 Å². The smallest absolute Gasteiger partial charge is 0.107 e. The summed E-state index contributed by atoms with van der Waals surface area (Å²) in [5, 5.41) is 1.29. The Hall–Kier alpha value is -1.29. The molecular formula is C16H16Cl2N2S. The van der Waals surface area contributed by atoms with Crippen LogP contribution in [0.15, 0.2) is 42.5 Å². The number of halogens is 2. The molecule has 0 radical (unpaired) electrons. The van der Waals surface area contributed by atoms with E-state index in [1.54, 1.807) is 6.07 Å². The predicted octanol–water partition coefficient (Wildman–Crippen LogP) is 4.83. The van der Waals surface area contributed by atoms with E-state index in [-0.39, 0.29) is 11.0 Å². The van der Waals surface area contributed by atoms with Crippen LogP contribution in [0.1, 0.15) is 24.1 Å². The molecule has 5 heteroatoms. The standard InChI is InChI=1S/C16H16Cl2N2S/c1-10(11-6-3-4-7-12(11)17)20(2)14-9-5-8-13(18)15(14)16(19)21/h3-10H,1-2H3,(H2,19,21). The fourth-order valence-electron chi connectivity index (χ4n) is 2.28. The zero-order valence-corrected chi connectivity index (χ0v) is 14.1. The summed E-state index contributed by atoms with van der Waals surface area (Å²) in [4.78, 5) is 2.36. The summed E-state index contributed by atoms with van der Waals surface area (Å²) >= 11 is 17.6. The van der Waals surface area contributed by atoms with Crippen LogP contribution in [0.5, 0.6) is 0 Å². The third-order valence-corrected chi connectivity index (χ3v) is 4.42. The van der Waals surface area contributed by atoms with Gasteiger partial charge in [0.2, 0.25) is 0 Å². The van der Waals surface area contributed by atoms with Gasteiger partial charge in [0, 0.05) is 17.8 Å². The van der Waals surface area contributed by atoms with Crippen molar-refractivity contribution in [2.75, 3.05) is 11.9 Å². The van der Waals surface area contributed by atoms with Gasteiger partial charge in [-0.3, -0.25) is 0 Å². The maximum atomic E-state index is 6.28. The number of nitrogens with zero attached hydrogens (tertiary/aromatic N) is 1. The first-order valence-corrected chi connectivity index (χ1v) is 7.65. The minimum absolute atomic E-state index is 0.0604. The van der Waals surface area contributed by atoms with Crippen molar-refractivity contribution in [1.82, 2.24) is 0 Å². The van der Waals surface area contributed by atoms with E-state index in [1.807, 2.05) is 43.4 Å². The van der Waals surface area contributed by atoms with Crippen molar-refractivity contribution in [3.05, 3.63) is 63.6 Å². The monoisotopic (exact) mass is 338 g/mol. The lowest BCUT2D eigenvalue weighted by Gasteiger charge is -2.30. The highest BCUT2D eigenvalue weighted by Crippen LogP contribution is 2.34. The number of nitrogens with two attached hydrogens (primary N) is 1. The van der Waals surface area contributed by atoms with Gasteiger partial charge < -0.3 is 10.6 Å². The Balaban J connectivity index is 2.46. The minimum Gasteiger partial charge on any atom is -0.389 e. The Labute approximate surface area is 140 Å². The van der Waals surface area contributed by atoms with E-state index in [0.29, 0.717) is 10.6 Å². The summed E-state index contributed by atoms with van der Waals surface area (Å²) in [6, 6.07) is 13.5. The minimum atomic E-state index is 0.0604. The Kier molecular flexibility index (Phi) is 5.09. The molecule has 0 aromatic heterocycles. The van der Waals surface area contributed by atoms with Gasteiger partial charge in [0.05, 0.1) is 16.6 Å². The van der Waals surface area contributed by atoms with Crippen molar-refractivity contribution in [1.29, 1.82) is 0 Å². The second-order valence-corrected chi connectivity index (χ2v) is 6.06. The molecule has 0 fully saturated rings. The number of hydrogen-bond acceptors (Lipinski definition) is 2. The van der Waals surface area contributed by atoms with Crippen LogP contribution in [-0.2, 0) is 0 Å². The maximum Gasteiger partial charge on any atom is 0.107 e. The van der Waals surface area contributed by atoms with Crippen molar-refractivity contribution in [3.8, 4) is 0 Å². The fourth-order valence-corrected chi connectivity index (χ4v) is 3.12. The van der Waals surface area contributed by atoms with Gasteiger partial charge in [-0.15, -0.1) is 0 Å². The first-order chi connectivity index (χ1) is 9.93. The molecule has 0 amide bonds. The van der Waals surface area contributed by atoms with Crippen LogP contribution in [0.3, 0.4) is 0 Å². The molecule has 2 aromatic carbocycles. The zero-order chi connectivity index (χ0) is 15.6. The number of anilines is 1. The van der Waals surface area contributed by atoms with Gasteiger partial charge in [-0.05, 0) is 30.7 Å². The number of rotatable bonds is 4. The Morgan fingerprint density at radius 1 is 1.10 bits per heavy atom. The van der Waals surface area contributed by atoms with Gasteiger partial charge in [0.15, 0.2) is 0 Å². The molecule has 0 aliphatic rings. The predicted molar refractivity (Wildman–Crippen MR) is 95.6 cm³/mol. The SMILES string of the molecule is CC(c1ccccc1Cl)N(C)c1cccc(Cl)c1C(N)=S. The van der Waals surface area contributed by atoms with E-state index in [9.17, 15) is 0 Å². The fraction of sp³-hybridized carbons (Fsp3) is 0.188. The molecule has 2 nitrogen and oxygen atoms in total. The summed E-state index contributed by atoms with van der Waals surface area (Å²) in [6.07, 6.45) is 0. The number of thiocarbonyl (C=S) groups is 1. The normalized spacial score (nSPS) is 12.0. The quantitative estimate of drug-likeness (QED) is 0.810. The molecule has 2 N–H and O–H groups in total. The third kappa shape index (κ3) is 3.31. The van der Waals surface area contributed by atoms with Crippen molar-refractivity contribution >= 4 is 46.1 Å². The molecule has 0 saturated heterocycles. The van der Waals surface area contributed by atoms with Gasteiger partial charge >= 0.3 is 0 Å². The average Bonchev–Trinajstić information content (AvgIpc) is 2.45. The molecule has 2 aromatic rings. The van der Waals surface area contributed by atoms with Crippen molar-refractivity contribution in [2.24, 2.45) is 5.73 Å². The van der Waals surface area contributed by atoms with Crippen LogP contribution in [0.4, 0.5) is 5.69 Å². The summed E-state index contributed by atoms with van der Waals surface area (Å²) in [5.74, 6) is 0. The Bertz CT molecular complexity index is 673. The first-order valence-electron chi connectivity index (χ1n) is 6.49. The number of hydrogen-bond donors (Lipinski definition) is 1. The molecule has 0 aliphatic carbocycles. The lowest BCUT2D eigenvalue weighted by molar-refractivity contribution is 0.739. The molecule has 0 spiro atoms. The van der Waals surface area contributed by atoms with E-state index in [0.717, 1.165) is 16.3 Å². The van der Waals surface area contributed by atoms with E-state index in [2.05, 4.69) is 11.8 Å². The zero-order valence-electron chi connectivity index (χ0n) is 11.8. The van der Waals surface area contributed by atoms with E-state index in [4.69, 9.17) is 41.2 Å². The van der Waals surface area contributed by atoms with Crippen LogP contribution in [0.25, 0.3) is 0 Å². The molecule has 0 heterocycles. The summed E-state index contributed by atoms with van der Waals surface area (Å²) < 4.78 is 0. The molecule has 0 bridgehead atoms.